The molecule has 0 unspecified atom stereocenters. The van der Waals surface area contributed by atoms with E-state index < -0.39 is 6.04 Å². The van der Waals surface area contributed by atoms with Crippen molar-refractivity contribution in [3.05, 3.63) is 0 Å². The number of amides is 1. The van der Waals surface area contributed by atoms with Crippen molar-refractivity contribution in [2.24, 2.45) is 17.1 Å². The van der Waals surface area contributed by atoms with Gasteiger partial charge in [-0.05, 0) is 30.6 Å². The lowest BCUT2D eigenvalue weighted by Crippen LogP contribution is -2.49. The second kappa shape index (κ2) is 8.08. The molecule has 0 aliphatic carbocycles. The van der Waals surface area contributed by atoms with E-state index in [4.69, 9.17) is 10.5 Å². The Kier molecular flexibility index (Phi) is 7.94. The van der Waals surface area contributed by atoms with Crippen molar-refractivity contribution in [3.63, 3.8) is 0 Å². The third-order valence-electron chi connectivity index (χ3n) is 3.79. The van der Waals surface area contributed by atoms with Crippen molar-refractivity contribution < 1.29 is 9.53 Å². The van der Waals surface area contributed by atoms with Crippen molar-refractivity contribution in [3.8, 4) is 0 Å². The molecule has 4 nitrogen and oxygen atoms in total. The number of rotatable bonds is 4. The van der Waals surface area contributed by atoms with Gasteiger partial charge in [-0.15, -0.1) is 12.4 Å². The normalized spacial score (nSPS) is 18.6. The van der Waals surface area contributed by atoms with Gasteiger partial charge >= 0.3 is 0 Å². The second-order valence-corrected chi connectivity index (χ2v) is 6.45. The maximum absolute atomic E-state index is 12.1. The molecule has 2 N–H and O–H groups in total. The minimum absolute atomic E-state index is 0. The summed E-state index contributed by atoms with van der Waals surface area (Å²) in [5, 5.41) is 0. The largest absolute Gasteiger partial charge is 0.381 e. The van der Waals surface area contributed by atoms with Crippen LogP contribution in [0.15, 0.2) is 0 Å². The molecule has 0 aromatic rings. The highest BCUT2D eigenvalue weighted by atomic mass is 35.5. The Hall–Kier alpha value is -0.320. The zero-order chi connectivity index (χ0) is 13.8. The predicted molar refractivity (Wildman–Crippen MR) is 80.5 cm³/mol. The maximum atomic E-state index is 12.1. The summed E-state index contributed by atoms with van der Waals surface area (Å²) in [6.45, 7) is 8.53. The van der Waals surface area contributed by atoms with E-state index in [0.717, 1.165) is 39.0 Å². The molecule has 1 aliphatic heterocycles. The lowest BCUT2D eigenvalue weighted by atomic mass is 9.86. The van der Waals surface area contributed by atoms with Crippen LogP contribution in [0.2, 0.25) is 0 Å². The third-order valence-corrected chi connectivity index (χ3v) is 3.79. The fourth-order valence-electron chi connectivity index (χ4n) is 2.13. The van der Waals surface area contributed by atoms with Crippen molar-refractivity contribution >= 4 is 18.3 Å². The number of ether oxygens (including phenoxy) is 1. The molecule has 0 aromatic carbocycles. The van der Waals surface area contributed by atoms with E-state index in [1.807, 2.05) is 27.8 Å². The van der Waals surface area contributed by atoms with Crippen LogP contribution in [0.3, 0.4) is 0 Å². The molecule has 0 spiro atoms. The van der Waals surface area contributed by atoms with Gasteiger partial charge in [0.15, 0.2) is 0 Å². The molecule has 1 atom stereocenters. The van der Waals surface area contributed by atoms with E-state index in [-0.39, 0.29) is 23.7 Å². The van der Waals surface area contributed by atoms with Gasteiger partial charge in [0.05, 0.1) is 6.04 Å². The van der Waals surface area contributed by atoms with E-state index in [9.17, 15) is 4.79 Å². The van der Waals surface area contributed by atoms with Crippen LogP contribution in [0, 0.1) is 11.3 Å². The van der Waals surface area contributed by atoms with Crippen molar-refractivity contribution in [1.29, 1.82) is 0 Å². The highest BCUT2D eigenvalue weighted by Gasteiger charge is 2.29. The monoisotopic (exact) mass is 292 g/mol. The Morgan fingerprint density at radius 3 is 2.37 bits per heavy atom. The lowest BCUT2D eigenvalue weighted by molar-refractivity contribution is -0.133. The van der Waals surface area contributed by atoms with Crippen molar-refractivity contribution in [2.45, 2.75) is 46.1 Å². The highest BCUT2D eigenvalue weighted by molar-refractivity contribution is 5.85. The summed E-state index contributed by atoms with van der Waals surface area (Å²) in [5.74, 6) is 0.745. The molecule has 1 aliphatic rings. The van der Waals surface area contributed by atoms with Crippen LogP contribution in [-0.4, -0.2) is 43.7 Å². The standard InChI is InChI=1S/C14H28N2O2.ClH/c1-14(2,3)12(15)13(17)16(4)8-5-11-6-9-18-10-7-11;/h11-12H,5-10,15H2,1-4H3;1H/t12-;/m1./s1. The minimum atomic E-state index is -0.419. The average molecular weight is 293 g/mol. The zero-order valence-corrected chi connectivity index (χ0v) is 13.5. The van der Waals surface area contributed by atoms with Crippen molar-refractivity contribution in [2.75, 3.05) is 26.8 Å². The zero-order valence-electron chi connectivity index (χ0n) is 12.6. The van der Waals surface area contributed by atoms with Gasteiger partial charge in [0.2, 0.25) is 5.91 Å². The molecule has 19 heavy (non-hydrogen) atoms. The third kappa shape index (κ3) is 6.11. The molecule has 0 aromatic heterocycles. The van der Waals surface area contributed by atoms with Gasteiger partial charge in [0, 0.05) is 26.8 Å². The van der Waals surface area contributed by atoms with Gasteiger partial charge in [-0.25, -0.2) is 0 Å². The summed E-state index contributed by atoms with van der Waals surface area (Å²) in [5.41, 5.74) is 5.82. The maximum Gasteiger partial charge on any atom is 0.239 e. The smallest absolute Gasteiger partial charge is 0.239 e. The van der Waals surface area contributed by atoms with Crippen LogP contribution in [0.4, 0.5) is 0 Å². The van der Waals surface area contributed by atoms with E-state index in [1.54, 1.807) is 4.90 Å². The number of nitrogens with two attached hydrogens (primary N) is 1. The number of carbonyl (C=O) groups is 1. The molecule has 1 fully saturated rings. The number of halogens is 1. The van der Waals surface area contributed by atoms with Crippen LogP contribution >= 0.6 is 12.4 Å². The Morgan fingerprint density at radius 2 is 1.89 bits per heavy atom. The summed E-state index contributed by atoms with van der Waals surface area (Å²) in [7, 11) is 1.85. The Labute approximate surface area is 123 Å². The number of hydrogen-bond donors (Lipinski definition) is 1. The number of likely N-dealkylation sites (N-methyl/N-ethyl adjacent to an activating group) is 1. The molecule has 0 radical (unpaired) electrons. The predicted octanol–water partition coefficient (Wildman–Crippen LogP) is 2.06. The van der Waals surface area contributed by atoms with E-state index >= 15 is 0 Å². The van der Waals surface area contributed by atoms with Crippen LogP contribution in [-0.2, 0) is 9.53 Å². The van der Waals surface area contributed by atoms with Crippen LogP contribution in [0.5, 0.6) is 0 Å². The molecule has 1 rings (SSSR count). The first-order valence-corrected chi connectivity index (χ1v) is 6.90. The molecule has 1 saturated heterocycles. The molecule has 0 saturated carbocycles. The summed E-state index contributed by atoms with van der Waals surface area (Å²) in [4.78, 5) is 13.9. The molecule has 114 valence electrons. The second-order valence-electron chi connectivity index (χ2n) is 6.45. The summed E-state index contributed by atoms with van der Waals surface area (Å²) < 4.78 is 5.34. The average Bonchev–Trinajstić information content (AvgIpc) is 2.34. The molecular formula is C14H29ClN2O2. The first-order chi connectivity index (χ1) is 8.32. The van der Waals surface area contributed by atoms with Crippen LogP contribution < -0.4 is 5.73 Å². The highest BCUT2D eigenvalue weighted by Crippen LogP contribution is 2.21. The van der Waals surface area contributed by atoms with E-state index in [0.29, 0.717) is 5.92 Å². The first-order valence-electron chi connectivity index (χ1n) is 6.90. The molecule has 5 heteroatoms. The summed E-state index contributed by atoms with van der Waals surface area (Å²) in [6.07, 6.45) is 3.29. The Bertz CT molecular complexity index is 273. The van der Waals surface area contributed by atoms with Gasteiger partial charge in [-0.3, -0.25) is 4.79 Å². The van der Waals surface area contributed by atoms with Gasteiger partial charge < -0.3 is 15.4 Å². The quantitative estimate of drug-likeness (QED) is 0.863. The van der Waals surface area contributed by atoms with Crippen molar-refractivity contribution in [1.82, 2.24) is 4.90 Å². The first kappa shape index (κ1) is 18.7. The topological polar surface area (TPSA) is 55.6 Å². The molecular weight excluding hydrogens is 264 g/mol. The molecule has 0 bridgehead atoms. The van der Waals surface area contributed by atoms with Gasteiger partial charge in [-0.1, -0.05) is 20.8 Å². The Morgan fingerprint density at radius 1 is 1.37 bits per heavy atom. The van der Waals surface area contributed by atoms with Crippen LogP contribution in [0.1, 0.15) is 40.0 Å². The van der Waals surface area contributed by atoms with Crippen LogP contribution in [0.25, 0.3) is 0 Å². The lowest BCUT2D eigenvalue weighted by Gasteiger charge is -2.31. The summed E-state index contributed by atoms with van der Waals surface area (Å²) in [6, 6.07) is -0.419. The number of carbonyl (C=O) groups excluding carboxylic acids is 1. The van der Waals surface area contributed by atoms with Gasteiger partial charge in [0.1, 0.15) is 0 Å². The Balaban J connectivity index is 0.00000324. The molecule has 1 heterocycles. The molecule has 1 amide bonds. The van der Waals surface area contributed by atoms with Gasteiger partial charge in [-0.2, -0.15) is 0 Å². The fraction of sp³-hybridized carbons (Fsp3) is 0.929. The number of hydrogen-bond acceptors (Lipinski definition) is 3. The van der Waals surface area contributed by atoms with Gasteiger partial charge in [0.25, 0.3) is 0 Å². The fourth-order valence-corrected chi connectivity index (χ4v) is 2.13. The van der Waals surface area contributed by atoms with E-state index in [1.165, 1.54) is 0 Å². The minimum Gasteiger partial charge on any atom is -0.381 e. The SMILES string of the molecule is CN(CCC1CCOCC1)C(=O)[C@@H](N)C(C)(C)C.Cl. The summed E-state index contributed by atoms with van der Waals surface area (Å²) >= 11 is 0. The van der Waals surface area contributed by atoms with E-state index in [2.05, 4.69) is 0 Å². The number of nitrogens with zero attached hydrogens (tertiary/aromatic N) is 1.